The molecule has 0 amide bonds. The number of carbonyl (C=O) groups is 2. The Morgan fingerprint density at radius 1 is 0.875 bits per heavy atom. The number of hydrogen-bond donors (Lipinski definition) is 0. The van der Waals surface area contributed by atoms with Crippen molar-refractivity contribution in [1.82, 2.24) is 0 Å². The average molecular weight is 377 g/mol. The van der Waals surface area contributed by atoms with Gasteiger partial charge in [-0.25, -0.2) is 0 Å². The number of carbonyl (C=O) groups excluding carboxylic acids is 2. The monoisotopic (exact) mass is 378 g/mol. The summed E-state index contributed by atoms with van der Waals surface area (Å²) < 4.78 is 5.13. The van der Waals surface area contributed by atoms with E-state index in [2.05, 4.69) is 42.5 Å². The third-order valence-corrected chi connectivity index (χ3v) is 8.62. The summed E-state index contributed by atoms with van der Waals surface area (Å²) >= 11 is -0.199. The van der Waals surface area contributed by atoms with Crippen LogP contribution >= 0.6 is 0 Å². The SMILES string of the molecule is O=C1OC(=O)C2=C1[Se]C13C2=CC(c2ccccc21)c1ccccc13. The fourth-order valence-corrected chi connectivity index (χ4v) is 7.88. The predicted molar refractivity (Wildman–Crippen MR) is 87.5 cm³/mol. The number of allylic oxidation sites excluding steroid dienone is 1. The van der Waals surface area contributed by atoms with Gasteiger partial charge >= 0.3 is 144 Å². The second-order valence-corrected chi connectivity index (χ2v) is 8.97. The van der Waals surface area contributed by atoms with Gasteiger partial charge in [0.1, 0.15) is 0 Å². The van der Waals surface area contributed by atoms with Crippen molar-refractivity contribution in [2.75, 3.05) is 0 Å². The molecule has 0 aromatic heterocycles. The van der Waals surface area contributed by atoms with E-state index in [0.717, 1.165) is 5.57 Å². The number of esters is 2. The van der Waals surface area contributed by atoms with Crippen LogP contribution in [0.5, 0.6) is 0 Å². The van der Waals surface area contributed by atoms with Gasteiger partial charge in [0, 0.05) is 0 Å². The van der Waals surface area contributed by atoms with E-state index < -0.39 is 11.9 Å². The van der Waals surface area contributed by atoms with Gasteiger partial charge in [0.05, 0.1) is 0 Å². The van der Waals surface area contributed by atoms with Crippen molar-refractivity contribution >= 4 is 26.9 Å². The first-order valence-corrected chi connectivity index (χ1v) is 9.54. The van der Waals surface area contributed by atoms with Gasteiger partial charge < -0.3 is 0 Å². The summed E-state index contributed by atoms with van der Waals surface area (Å²) in [5.41, 5.74) is 6.62. The van der Waals surface area contributed by atoms with E-state index in [1.807, 2.05) is 12.1 Å². The summed E-state index contributed by atoms with van der Waals surface area (Å²) in [5, 5.41) is 0. The Bertz CT molecular complexity index is 1010. The molecular weight excluding hydrogens is 367 g/mol. The molecule has 3 nitrogen and oxygen atoms in total. The maximum absolute atomic E-state index is 12.3. The molecule has 24 heavy (non-hydrogen) atoms. The van der Waals surface area contributed by atoms with Crippen molar-refractivity contribution in [3.63, 3.8) is 0 Å². The van der Waals surface area contributed by atoms with Crippen LogP contribution in [-0.4, -0.2) is 26.9 Å². The van der Waals surface area contributed by atoms with Gasteiger partial charge in [-0.05, 0) is 0 Å². The zero-order chi connectivity index (χ0) is 16.1. The molecule has 5 aliphatic rings. The molecule has 3 aliphatic carbocycles. The van der Waals surface area contributed by atoms with Crippen LogP contribution in [0.2, 0.25) is 0 Å². The van der Waals surface area contributed by atoms with Gasteiger partial charge in [-0.1, -0.05) is 0 Å². The maximum atomic E-state index is 12.3. The molecule has 1 spiro atoms. The molecule has 0 saturated carbocycles. The molecule has 0 unspecified atom stereocenters. The molecule has 7 rings (SSSR count). The summed E-state index contributed by atoms with van der Waals surface area (Å²) in [4.78, 5) is 24.5. The van der Waals surface area contributed by atoms with E-state index in [0.29, 0.717) is 10.0 Å². The molecule has 2 bridgehead atoms. The van der Waals surface area contributed by atoms with Crippen molar-refractivity contribution in [3.8, 4) is 0 Å². The zero-order valence-corrected chi connectivity index (χ0v) is 14.1. The van der Waals surface area contributed by atoms with E-state index >= 15 is 0 Å². The summed E-state index contributed by atoms with van der Waals surface area (Å²) in [6, 6.07) is 16.9. The molecule has 4 heteroatoms. The average Bonchev–Trinajstić information content (AvgIpc) is 3.11. The van der Waals surface area contributed by atoms with E-state index in [4.69, 9.17) is 4.74 Å². The van der Waals surface area contributed by atoms with Crippen LogP contribution in [0.15, 0.2) is 70.2 Å². The number of hydrogen-bond acceptors (Lipinski definition) is 3. The van der Waals surface area contributed by atoms with E-state index in [1.165, 1.54) is 22.3 Å². The molecule has 0 fully saturated rings. The quantitative estimate of drug-likeness (QED) is 0.402. The summed E-state index contributed by atoms with van der Waals surface area (Å²) in [6.07, 6.45) is 2.19. The van der Waals surface area contributed by atoms with Gasteiger partial charge in [0.25, 0.3) is 0 Å². The van der Waals surface area contributed by atoms with Crippen LogP contribution in [0.25, 0.3) is 0 Å². The Morgan fingerprint density at radius 2 is 1.50 bits per heavy atom. The molecule has 114 valence electrons. The molecule has 2 aliphatic heterocycles. The molecule has 0 saturated heterocycles. The Hall–Kier alpha value is -2.42. The number of rotatable bonds is 0. The van der Waals surface area contributed by atoms with Crippen LogP contribution in [0.3, 0.4) is 0 Å². The first-order valence-electron chi connectivity index (χ1n) is 7.83. The Kier molecular flexibility index (Phi) is 2.14. The van der Waals surface area contributed by atoms with Crippen LogP contribution in [0, 0.1) is 0 Å². The molecule has 0 N–H and O–H groups in total. The fourth-order valence-electron chi connectivity index (χ4n) is 4.52. The van der Waals surface area contributed by atoms with Crippen molar-refractivity contribution in [2.45, 2.75) is 10.2 Å². The zero-order valence-electron chi connectivity index (χ0n) is 12.4. The minimum atomic E-state index is -0.470. The fraction of sp³-hybridized carbons (Fsp3) is 0.100. The number of cyclic esters (lactones) is 2. The Balaban J connectivity index is 1.75. The van der Waals surface area contributed by atoms with Gasteiger partial charge in [-0.2, -0.15) is 0 Å². The number of benzene rings is 2. The second-order valence-electron chi connectivity index (χ2n) is 6.40. The van der Waals surface area contributed by atoms with Gasteiger partial charge in [0.2, 0.25) is 0 Å². The standard InChI is InChI=1S/C20H10O3Se/c21-18-16-15-9-12-10-5-1-3-7-13(10)20(15,24-17(16)19(22)23-18)14-8-4-2-6-11(12)14/h1-9,12H. The van der Waals surface area contributed by atoms with E-state index in [9.17, 15) is 9.59 Å². The molecule has 0 atom stereocenters. The number of ether oxygens (including phenoxy) is 1. The second kappa shape index (κ2) is 3.97. The van der Waals surface area contributed by atoms with Gasteiger partial charge in [-0.3, -0.25) is 0 Å². The Morgan fingerprint density at radius 3 is 2.17 bits per heavy atom. The summed E-state index contributed by atoms with van der Waals surface area (Å²) in [5.74, 6) is -0.777. The molecular formula is C20H10O3Se. The third kappa shape index (κ3) is 1.22. The molecule has 0 radical (unpaired) electrons. The normalized spacial score (nSPS) is 28.2. The molecule has 2 aromatic carbocycles. The van der Waals surface area contributed by atoms with Crippen molar-refractivity contribution in [1.29, 1.82) is 0 Å². The van der Waals surface area contributed by atoms with Crippen LogP contribution < -0.4 is 0 Å². The topological polar surface area (TPSA) is 43.4 Å². The van der Waals surface area contributed by atoms with E-state index in [1.54, 1.807) is 0 Å². The molecule has 2 heterocycles. The third-order valence-electron chi connectivity index (χ3n) is 5.39. The van der Waals surface area contributed by atoms with Crippen LogP contribution in [-0.2, 0) is 18.6 Å². The van der Waals surface area contributed by atoms with E-state index in [-0.39, 0.29) is 25.2 Å². The minimum absolute atomic E-state index is 0.139. The van der Waals surface area contributed by atoms with Crippen molar-refractivity contribution < 1.29 is 14.3 Å². The predicted octanol–water partition coefficient (Wildman–Crippen LogP) is 2.37. The first-order chi connectivity index (χ1) is 11.7. The summed E-state index contributed by atoms with van der Waals surface area (Å²) in [6.45, 7) is 0. The van der Waals surface area contributed by atoms with Gasteiger partial charge in [-0.15, -0.1) is 0 Å². The van der Waals surface area contributed by atoms with Gasteiger partial charge in [0.15, 0.2) is 0 Å². The van der Waals surface area contributed by atoms with Crippen LogP contribution in [0.1, 0.15) is 28.2 Å². The molecule has 2 aromatic rings. The summed E-state index contributed by atoms with van der Waals surface area (Å²) in [7, 11) is 0. The van der Waals surface area contributed by atoms with Crippen molar-refractivity contribution in [3.05, 3.63) is 92.5 Å². The van der Waals surface area contributed by atoms with Crippen molar-refractivity contribution in [2.24, 2.45) is 0 Å². The first kappa shape index (κ1) is 12.9. The van der Waals surface area contributed by atoms with Crippen LogP contribution in [0.4, 0.5) is 0 Å². The Labute approximate surface area is 144 Å².